The predicted molar refractivity (Wildman–Crippen MR) is 84.8 cm³/mol. The van der Waals surface area contributed by atoms with Crippen molar-refractivity contribution >= 4 is 17.6 Å². The van der Waals surface area contributed by atoms with Gasteiger partial charge in [0, 0.05) is 38.4 Å². The van der Waals surface area contributed by atoms with E-state index in [0.29, 0.717) is 32.0 Å². The Hall–Kier alpha value is -2.15. The van der Waals surface area contributed by atoms with Crippen LogP contribution in [-0.2, 0) is 9.53 Å². The molecule has 3 amide bonds. The fraction of sp³-hybridized carbons (Fsp3) is 0.500. The lowest BCUT2D eigenvalue weighted by atomic mass is 10.2. The summed E-state index contributed by atoms with van der Waals surface area (Å²) in [6.45, 7) is 4.10. The van der Waals surface area contributed by atoms with Gasteiger partial charge >= 0.3 is 6.03 Å². The molecule has 0 saturated carbocycles. The summed E-state index contributed by atoms with van der Waals surface area (Å²) in [5.74, 6) is -0.431. The Morgan fingerprint density at radius 3 is 2.83 bits per heavy atom. The van der Waals surface area contributed by atoms with Crippen LogP contribution in [0.5, 0.6) is 0 Å². The summed E-state index contributed by atoms with van der Waals surface area (Å²) in [4.78, 5) is 25.4. The molecule has 1 heterocycles. The van der Waals surface area contributed by atoms with Crippen LogP contribution >= 0.6 is 0 Å². The maximum atomic E-state index is 12.9. The second kappa shape index (κ2) is 8.47. The number of halogens is 1. The molecule has 1 aromatic rings. The van der Waals surface area contributed by atoms with E-state index >= 15 is 0 Å². The Morgan fingerprint density at radius 2 is 2.13 bits per heavy atom. The van der Waals surface area contributed by atoms with Gasteiger partial charge in [-0.05, 0) is 37.6 Å². The van der Waals surface area contributed by atoms with E-state index in [1.807, 2.05) is 6.92 Å². The van der Waals surface area contributed by atoms with E-state index in [4.69, 9.17) is 4.74 Å². The van der Waals surface area contributed by atoms with E-state index in [2.05, 4.69) is 10.6 Å². The SMILES string of the molecule is CCOCCCNC(=O)N[C@@H]1CC(=O)N(c2ccc(F)cc2)C1. The van der Waals surface area contributed by atoms with Crippen LogP contribution in [0.3, 0.4) is 0 Å². The van der Waals surface area contributed by atoms with Crippen LogP contribution in [0, 0.1) is 5.82 Å². The van der Waals surface area contributed by atoms with Crippen molar-refractivity contribution in [3.63, 3.8) is 0 Å². The van der Waals surface area contributed by atoms with Crippen molar-refractivity contribution in [2.75, 3.05) is 31.2 Å². The molecule has 23 heavy (non-hydrogen) atoms. The Bertz CT molecular complexity index is 536. The van der Waals surface area contributed by atoms with Crippen LogP contribution in [-0.4, -0.2) is 44.3 Å². The molecule has 2 N–H and O–H groups in total. The van der Waals surface area contributed by atoms with Crippen molar-refractivity contribution < 1.29 is 18.7 Å². The number of amides is 3. The van der Waals surface area contributed by atoms with Crippen molar-refractivity contribution in [1.82, 2.24) is 10.6 Å². The van der Waals surface area contributed by atoms with E-state index < -0.39 is 0 Å². The number of hydrogen-bond acceptors (Lipinski definition) is 3. The van der Waals surface area contributed by atoms with Gasteiger partial charge in [0.25, 0.3) is 0 Å². The molecule has 0 aliphatic carbocycles. The Kier molecular flexibility index (Phi) is 6.34. The fourth-order valence-corrected chi connectivity index (χ4v) is 2.43. The largest absolute Gasteiger partial charge is 0.382 e. The van der Waals surface area contributed by atoms with E-state index in [1.54, 1.807) is 17.0 Å². The Morgan fingerprint density at radius 1 is 1.39 bits per heavy atom. The predicted octanol–water partition coefficient (Wildman–Crippen LogP) is 1.66. The fourth-order valence-electron chi connectivity index (χ4n) is 2.43. The van der Waals surface area contributed by atoms with Gasteiger partial charge in [0.2, 0.25) is 5.91 Å². The average molecular weight is 323 g/mol. The second-order valence-corrected chi connectivity index (χ2v) is 5.33. The number of carbonyl (C=O) groups excluding carboxylic acids is 2. The summed E-state index contributed by atoms with van der Waals surface area (Å²) < 4.78 is 18.1. The molecule has 1 atom stereocenters. The first-order valence-electron chi connectivity index (χ1n) is 7.78. The molecule has 0 radical (unpaired) electrons. The molecule has 0 aromatic heterocycles. The summed E-state index contributed by atoms with van der Waals surface area (Å²) in [6.07, 6.45) is 0.982. The molecule has 1 aliphatic rings. The molecule has 1 aromatic carbocycles. The monoisotopic (exact) mass is 323 g/mol. The van der Waals surface area contributed by atoms with E-state index in [-0.39, 0.29) is 30.2 Å². The highest BCUT2D eigenvalue weighted by Crippen LogP contribution is 2.21. The lowest BCUT2D eigenvalue weighted by molar-refractivity contribution is -0.117. The molecule has 1 saturated heterocycles. The maximum absolute atomic E-state index is 12.9. The van der Waals surface area contributed by atoms with Gasteiger partial charge in [-0.3, -0.25) is 4.79 Å². The number of nitrogens with one attached hydrogen (secondary N) is 2. The van der Waals surface area contributed by atoms with Crippen LogP contribution in [0.2, 0.25) is 0 Å². The number of hydrogen-bond donors (Lipinski definition) is 2. The highest BCUT2D eigenvalue weighted by Gasteiger charge is 2.31. The third-order valence-electron chi connectivity index (χ3n) is 3.55. The number of ether oxygens (including phenoxy) is 1. The lowest BCUT2D eigenvalue weighted by Crippen LogP contribution is -2.43. The van der Waals surface area contributed by atoms with Crippen molar-refractivity contribution in [2.24, 2.45) is 0 Å². The molecule has 0 spiro atoms. The molecular formula is C16H22FN3O3. The summed E-state index contributed by atoms with van der Waals surface area (Å²) in [5.41, 5.74) is 0.637. The van der Waals surface area contributed by atoms with Crippen molar-refractivity contribution in [1.29, 1.82) is 0 Å². The Labute approximate surface area is 135 Å². The topological polar surface area (TPSA) is 70.7 Å². The van der Waals surface area contributed by atoms with Gasteiger partial charge in [0.15, 0.2) is 0 Å². The summed E-state index contributed by atoms with van der Waals surface area (Å²) >= 11 is 0. The first-order valence-corrected chi connectivity index (χ1v) is 7.78. The normalized spacial score (nSPS) is 17.4. The zero-order chi connectivity index (χ0) is 16.7. The number of nitrogens with zero attached hydrogens (tertiary/aromatic N) is 1. The quantitative estimate of drug-likeness (QED) is 0.750. The molecule has 2 rings (SSSR count). The molecule has 126 valence electrons. The van der Waals surface area contributed by atoms with Gasteiger partial charge in [-0.25, -0.2) is 9.18 Å². The van der Waals surface area contributed by atoms with Crippen LogP contribution in [0.15, 0.2) is 24.3 Å². The summed E-state index contributed by atoms with van der Waals surface area (Å²) in [6, 6.07) is 5.20. The Balaban J connectivity index is 1.76. The van der Waals surface area contributed by atoms with E-state index in [0.717, 1.165) is 6.42 Å². The summed E-state index contributed by atoms with van der Waals surface area (Å²) in [5, 5.41) is 5.52. The minimum Gasteiger partial charge on any atom is -0.382 e. The van der Waals surface area contributed by atoms with Gasteiger partial charge < -0.3 is 20.3 Å². The first kappa shape index (κ1) is 17.2. The third kappa shape index (κ3) is 5.21. The third-order valence-corrected chi connectivity index (χ3v) is 3.55. The van der Waals surface area contributed by atoms with Crippen molar-refractivity contribution in [2.45, 2.75) is 25.8 Å². The van der Waals surface area contributed by atoms with Crippen LogP contribution in [0.1, 0.15) is 19.8 Å². The van der Waals surface area contributed by atoms with Crippen molar-refractivity contribution in [3.8, 4) is 0 Å². The van der Waals surface area contributed by atoms with Crippen LogP contribution in [0.25, 0.3) is 0 Å². The molecule has 1 aliphatic heterocycles. The molecule has 7 heteroatoms. The molecule has 0 unspecified atom stereocenters. The zero-order valence-corrected chi connectivity index (χ0v) is 13.2. The number of urea groups is 1. The van der Waals surface area contributed by atoms with Crippen molar-refractivity contribution in [3.05, 3.63) is 30.1 Å². The standard InChI is InChI=1S/C16H22FN3O3/c1-2-23-9-3-8-18-16(22)19-13-10-15(21)20(11-13)14-6-4-12(17)5-7-14/h4-7,13H,2-3,8-11H2,1H3,(H2,18,19,22)/t13-/m1/s1. The maximum Gasteiger partial charge on any atom is 0.315 e. The molecule has 1 fully saturated rings. The lowest BCUT2D eigenvalue weighted by Gasteiger charge is -2.17. The minimum absolute atomic E-state index is 0.0850. The highest BCUT2D eigenvalue weighted by atomic mass is 19.1. The smallest absolute Gasteiger partial charge is 0.315 e. The average Bonchev–Trinajstić information content (AvgIpc) is 2.88. The number of benzene rings is 1. The number of anilines is 1. The minimum atomic E-state index is -0.346. The highest BCUT2D eigenvalue weighted by molar-refractivity contribution is 5.96. The van der Waals surface area contributed by atoms with E-state index in [9.17, 15) is 14.0 Å². The van der Waals surface area contributed by atoms with Gasteiger partial charge in [-0.2, -0.15) is 0 Å². The van der Waals surface area contributed by atoms with Gasteiger partial charge in [0.1, 0.15) is 5.82 Å². The molecular weight excluding hydrogens is 301 g/mol. The van der Waals surface area contributed by atoms with Gasteiger partial charge in [-0.15, -0.1) is 0 Å². The first-order chi connectivity index (χ1) is 11.1. The number of rotatable bonds is 7. The second-order valence-electron chi connectivity index (χ2n) is 5.33. The molecule has 0 bridgehead atoms. The number of carbonyl (C=O) groups is 2. The molecule has 6 nitrogen and oxygen atoms in total. The zero-order valence-electron chi connectivity index (χ0n) is 13.2. The van der Waals surface area contributed by atoms with Gasteiger partial charge in [0.05, 0.1) is 6.04 Å². The summed E-state index contributed by atoms with van der Waals surface area (Å²) in [7, 11) is 0. The van der Waals surface area contributed by atoms with Gasteiger partial charge in [-0.1, -0.05) is 0 Å². The van der Waals surface area contributed by atoms with Crippen LogP contribution < -0.4 is 15.5 Å². The van der Waals surface area contributed by atoms with Crippen LogP contribution in [0.4, 0.5) is 14.9 Å². The van der Waals surface area contributed by atoms with E-state index in [1.165, 1.54) is 12.1 Å².